The molecule has 2 aliphatic rings. The Kier molecular flexibility index (Phi) is 22.3. The summed E-state index contributed by atoms with van der Waals surface area (Å²) in [5.41, 5.74) is 11.0. The molecule has 0 heterocycles. The van der Waals surface area contributed by atoms with Gasteiger partial charge in [-0.25, -0.2) is 0 Å². The van der Waals surface area contributed by atoms with Gasteiger partial charge in [0.15, 0.2) is 0 Å². The van der Waals surface area contributed by atoms with Gasteiger partial charge in [0, 0.05) is 80.7 Å². The number of nitrogens with zero attached hydrogens (tertiary/aromatic N) is 4. The Bertz CT molecular complexity index is 1840. The summed E-state index contributed by atoms with van der Waals surface area (Å²) in [5.74, 6) is 1.19. The summed E-state index contributed by atoms with van der Waals surface area (Å²) in [6.45, 7) is 15.7. The van der Waals surface area contributed by atoms with E-state index in [1.54, 1.807) is 24.9 Å². The number of aryl methyl sites for hydroxylation is 8. The molecule has 0 unspecified atom stereocenters. The monoisotopic (exact) mass is 906 g/mol. The molecule has 0 saturated heterocycles. The van der Waals surface area contributed by atoms with E-state index in [1.807, 2.05) is 104 Å². The number of phenols is 4. The minimum atomic E-state index is 0. The number of aromatic hydroxyl groups is 4. The number of aliphatic imine (C=N–C) groups is 4. The topological polar surface area (TPSA) is 130 Å². The van der Waals surface area contributed by atoms with Gasteiger partial charge in [-0.1, -0.05) is 64.8 Å². The summed E-state index contributed by atoms with van der Waals surface area (Å²) in [5, 5.41) is 41.2. The molecular formula is C50H68Co2N4O4. The Morgan fingerprint density at radius 3 is 0.733 bits per heavy atom. The van der Waals surface area contributed by atoms with Crippen LogP contribution in [-0.2, 0) is 33.6 Å². The van der Waals surface area contributed by atoms with Crippen LogP contribution in [-0.4, -0.2) is 69.5 Å². The minimum Gasteiger partial charge on any atom is -0.507 e. The molecule has 2 aliphatic carbocycles. The summed E-state index contributed by atoms with van der Waals surface area (Å²) in [6, 6.07) is 16.1. The maximum atomic E-state index is 10.3. The van der Waals surface area contributed by atoms with Crippen LogP contribution in [0.5, 0.6) is 23.0 Å². The molecule has 0 aromatic heterocycles. The number of phenolic OH excluding ortho intramolecular Hbond substituents is 4. The molecule has 2 fully saturated rings. The first-order valence-electron chi connectivity index (χ1n) is 20.0. The molecular weight excluding hydrogens is 838 g/mol. The molecule has 330 valence electrons. The molecule has 0 amide bonds. The van der Waals surface area contributed by atoms with E-state index in [0.29, 0.717) is 23.0 Å². The van der Waals surface area contributed by atoms with Gasteiger partial charge in [0.25, 0.3) is 0 Å². The Labute approximate surface area is 380 Å². The van der Waals surface area contributed by atoms with E-state index in [0.717, 1.165) is 118 Å². The van der Waals surface area contributed by atoms with E-state index in [9.17, 15) is 20.4 Å². The molecule has 4 atom stereocenters. The summed E-state index contributed by atoms with van der Waals surface area (Å²) >= 11 is 0. The predicted molar refractivity (Wildman–Crippen MR) is 246 cm³/mol. The molecule has 4 aromatic rings. The molecule has 2 radical (unpaired) electrons. The van der Waals surface area contributed by atoms with Gasteiger partial charge in [-0.3, -0.25) is 20.0 Å². The van der Waals surface area contributed by atoms with Crippen LogP contribution >= 0.6 is 0 Å². The van der Waals surface area contributed by atoms with Crippen molar-refractivity contribution in [2.24, 2.45) is 20.0 Å². The van der Waals surface area contributed by atoms with Crippen LogP contribution in [0, 0.1) is 55.4 Å². The molecule has 0 bridgehead atoms. The third-order valence-electron chi connectivity index (χ3n) is 10.9. The van der Waals surface area contributed by atoms with Gasteiger partial charge in [0.2, 0.25) is 0 Å². The van der Waals surface area contributed by atoms with Gasteiger partial charge in [-0.2, -0.15) is 0 Å². The van der Waals surface area contributed by atoms with E-state index in [-0.39, 0.29) is 72.6 Å². The van der Waals surface area contributed by atoms with Gasteiger partial charge in [-0.15, -0.1) is 0 Å². The first-order valence-corrected chi connectivity index (χ1v) is 20.0. The second-order valence-electron chi connectivity index (χ2n) is 16.0. The van der Waals surface area contributed by atoms with Crippen molar-refractivity contribution >= 4 is 24.9 Å². The third kappa shape index (κ3) is 14.5. The maximum absolute atomic E-state index is 10.3. The number of rotatable bonds is 8. The van der Waals surface area contributed by atoms with Crippen LogP contribution < -0.4 is 0 Å². The van der Waals surface area contributed by atoms with Crippen LogP contribution in [0.4, 0.5) is 0 Å². The van der Waals surface area contributed by atoms with Gasteiger partial charge in [-0.05, 0) is 150 Å². The predicted octanol–water partition coefficient (Wildman–Crippen LogP) is 11.6. The summed E-state index contributed by atoms with van der Waals surface area (Å²) in [7, 11) is 0. The van der Waals surface area contributed by atoms with Crippen molar-refractivity contribution in [3.63, 3.8) is 0 Å². The van der Waals surface area contributed by atoms with Crippen LogP contribution in [0.25, 0.3) is 0 Å². The summed E-state index contributed by atoms with van der Waals surface area (Å²) < 4.78 is 0. The Hall–Kier alpha value is -4.23. The van der Waals surface area contributed by atoms with Crippen molar-refractivity contribution in [1.29, 1.82) is 0 Å². The van der Waals surface area contributed by atoms with E-state index in [4.69, 9.17) is 20.0 Å². The molecule has 2 saturated carbocycles. The second kappa shape index (κ2) is 24.9. The van der Waals surface area contributed by atoms with Crippen molar-refractivity contribution < 1.29 is 54.0 Å². The normalized spacial score (nSPS) is 18.9. The third-order valence-corrected chi connectivity index (χ3v) is 10.9. The molecule has 10 heteroatoms. The molecule has 4 N–H and O–H groups in total. The SMILES string of the molecule is C.C.Cc1cc(C)c(O)c(C=N[C@@H]2CCCC[C@H]2N=Cc2cc(C)cc(C)c2O)c1.Cc1cc(C)c(O)c(C=N[C@H]2CCCC[C@@H]2N=Cc2cc(C)cc(C)c2O)c1.[Co].[Co]. The summed E-state index contributed by atoms with van der Waals surface area (Å²) in [6.07, 6.45) is 15.7. The Morgan fingerprint density at radius 2 is 0.550 bits per heavy atom. The zero-order chi connectivity index (χ0) is 40.5. The number of hydrogen-bond donors (Lipinski definition) is 4. The van der Waals surface area contributed by atoms with Crippen molar-refractivity contribution in [3.8, 4) is 23.0 Å². The van der Waals surface area contributed by atoms with Crippen molar-refractivity contribution in [2.75, 3.05) is 0 Å². The Balaban J connectivity index is 0.000000562. The minimum absolute atomic E-state index is 0. The van der Waals surface area contributed by atoms with Crippen LogP contribution in [0.3, 0.4) is 0 Å². The standard InChI is InChI=1S/2C24H30N2O2.2CH4.2Co/c2*1-15-9-17(3)23(27)19(11-15)13-25-21-7-5-6-8-22(21)26-14-20-12-16(2)10-18(4)24(20)28;;;;/h2*9-14,21-22,27-28H,5-8H2,1-4H3;2*1H4;;/t2*21-,22-;;;;/m10..../s1. The van der Waals surface area contributed by atoms with E-state index < -0.39 is 0 Å². The molecule has 6 rings (SSSR count). The molecule has 8 nitrogen and oxygen atoms in total. The second-order valence-corrected chi connectivity index (χ2v) is 16.0. The quantitative estimate of drug-likeness (QED) is 0.131. The zero-order valence-corrected chi connectivity index (χ0v) is 37.2. The number of hydrogen-bond acceptors (Lipinski definition) is 8. The smallest absolute Gasteiger partial charge is 0.127 e. The first-order chi connectivity index (χ1) is 26.7. The molecule has 0 aliphatic heterocycles. The van der Waals surface area contributed by atoms with Crippen molar-refractivity contribution in [3.05, 3.63) is 115 Å². The van der Waals surface area contributed by atoms with E-state index in [1.165, 1.54) is 0 Å². The van der Waals surface area contributed by atoms with Crippen LogP contribution in [0.2, 0.25) is 0 Å². The van der Waals surface area contributed by atoms with Crippen LogP contribution in [0.1, 0.15) is 133 Å². The van der Waals surface area contributed by atoms with Crippen LogP contribution in [0.15, 0.2) is 68.5 Å². The zero-order valence-electron chi connectivity index (χ0n) is 35.1. The average Bonchev–Trinajstić information content (AvgIpc) is 3.16. The molecule has 60 heavy (non-hydrogen) atoms. The van der Waals surface area contributed by atoms with Gasteiger partial charge in [0.1, 0.15) is 23.0 Å². The number of benzene rings is 4. The fourth-order valence-corrected chi connectivity index (χ4v) is 7.95. The average molecular weight is 907 g/mol. The Morgan fingerprint density at radius 1 is 0.367 bits per heavy atom. The maximum Gasteiger partial charge on any atom is 0.127 e. The first kappa shape index (κ1) is 53.8. The van der Waals surface area contributed by atoms with Gasteiger partial charge >= 0.3 is 0 Å². The van der Waals surface area contributed by atoms with Crippen molar-refractivity contribution in [2.45, 2.75) is 146 Å². The summed E-state index contributed by atoms with van der Waals surface area (Å²) in [4.78, 5) is 19.1. The molecule has 0 spiro atoms. The fraction of sp³-hybridized carbons (Fsp3) is 0.440. The molecule has 4 aromatic carbocycles. The van der Waals surface area contributed by atoms with Gasteiger partial charge < -0.3 is 20.4 Å². The van der Waals surface area contributed by atoms with Crippen molar-refractivity contribution in [1.82, 2.24) is 0 Å². The largest absolute Gasteiger partial charge is 0.507 e. The van der Waals surface area contributed by atoms with E-state index in [2.05, 4.69) is 0 Å². The fourth-order valence-electron chi connectivity index (χ4n) is 7.95. The van der Waals surface area contributed by atoms with Gasteiger partial charge in [0.05, 0.1) is 24.2 Å². The van der Waals surface area contributed by atoms with E-state index >= 15 is 0 Å².